The number of fused-ring (bicyclic) bond motifs is 1. The number of aryl methyl sites for hydroxylation is 1. The van der Waals surface area contributed by atoms with E-state index in [9.17, 15) is 9.59 Å². The molecule has 1 N–H and O–H groups in total. The van der Waals surface area contributed by atoms with Gasteiger partial charge in [-0.15, -0.1) is 0 Å². The Morgan fingerprint density at radius 1 is 1.10 bits per heavy atom. The molecule has 0 unspecified atom stereocenters. The van der Waals surface area contributed by atoms with Gasteiger partial charge in [0.05, 0.1) is 11.0 Å². The third-order valence-corrected chi connectivity index (χ3v) is 5.52. The molecule has 0 aliphatic heterocycles. The van der Waals surface area contributed by atoms with E-state index in [1.165, 1.54) is 18.4 Å². The topological polar surface area (TPSA) is 64.0 Å². The van der Waals surface area contributed by atoms with Gasteiger partial charge in [-0.2, -0.15) is 0 Å². The van der Waals surface area contributed by atoms with Crippen LogP contribution in [0.3, 0.4) is 0 Å². The van der Waals surface area contributed by atoms with E-state index in [0.717, 1.165) is 30.3 Å². The average Bonchev–Trinajstić information content (AvgIpc) is 2.77. The van der Waals surface area contributed by atoms with Gasteiger partial charge in [0.2, 0.25) is 0 Å². The van der Waals surface area contributed by atoms with Crippen molar-refractivity contribution in [2.75, 3.05) is 6.54 Å². The van der Waals surface area contributed by atoms with Gasteiger partial charge in [-0.3, -0.25) is 9.59 Å². The number of benzene rings is 2. The quantitative estimate of drug-likeness (QED) is 0.667. The third-order valence-electron chi connectivity index (χ3n) is 5.52. The number of rotatable bonds is 5. The van der Waals surface area contributed by atoms with E-state index in [4.69, 9.17) is 0 Å². The molecule has 0 fully saturated rings. The van der Waals surface area contributed by atoms with E-state index in [1.807, 2.05) is 24.3 Å². The second-order valence-electron chi connectivity index (χ2n) is 7.50. The van der Waals surface area contributed by atoms with E-state index in [2.05, 4.69) is 16.4 Å². The number of carbonyl (C=O) groups is 1. The lowest BCUT2D eigenvalue weighted by Crippen LogP contribution is -2.25. The summed E-state index contributed by atoms with van der Waals surface area (Å²) >= 11 is 0. The first kappa shape index (κ1) is 19.1. The minimum atomic E-state index is -0.151. The Balaban J connectivity index is 1.48. The molecule has 5 heteroatoms. The largest absolute Gasteiger partial charge is 0.352 e. The van der Waals surface area contributed by atoms with Crippen LogP contribution in [0.15, 0.2) is 65.0 Å². The lowest BCUT2D eigenvalue weighted by atomic mass is 9.97. The first-order chi connectivity index (χ1) is 14.1. The number of hydrogen-bond donors (Lipinski definition) is 1. The maximum absolute atomic E-state index is 12.7. The van der Waals surface area contributed by atoms with Gasteiger partial charge in [-0.25, -0.2) is 4.98 Å². The molecule has 3 aromatic rings. The first-order valence-corrected chi connectivity index (χ1v) is 10.2. The monoisotopic (exact) mass is 387 g/mol. The Morgan fingerprint density at radius 2 is 1.90 bits per heavy atom. The molecule has 1 aliphatic rings. The standard InChI is InChI=1S/C24H25N3O2/c1-27-21-10-6-5-9-20(21)26-22(24(27)29)18-11-13-19(14-12-18)23(28)25-16-15-17-7-3-2-4-8-17/h5-7,9-14H,2-4,8,15-16H2,1H3,(H,25,28). The number of nitrogens with zero attached hydrogens (tertiary/aromatic N) is 2. The zero-order valence-electron chi connectivity index (χ0n) is 16.6. The molecule has 0 saturated heterocycles. The summed E-state index contributed by atoms with van der Waals surface area (Å²) in [6, 6.07) is 14.6. The summed E-state index contributed by atoms with van der Waals surface area (Å²) in [5.41, 5.74) is 4.55. The molecule has 1 aliphatic carbocycles. The second-order valence-corrected chi connectivity index (χ2v) is 7.50. The van der Waals surface area contributed by atoms with E-state index < -0.39 is 0 Å². The van der Waals surface area contributed by atoms with Gasteiger partial charge in [0.15, 0.2) is 0 Å². The van der Waals surface area contributed by atoms with Crippen LogP contribution in [0.2, 0.25) is 0 Å². The maximum atomic E-state index is 12.7. The highest BCUT2D eigenvalue weighted by molar-refractivity contribution is 5.94. The molecule has 1 amide bonds. The number of nitrogens with one attached hydrogen (secondary N) is 1. The molecule has 1 heterocycles. The van der Waals surface area contributed by atoms with E-state index in [1.54, 1.807) is 35.9 Å². The van der Waals surface area contributed by atoms with Crippen molar-refractivity contribution in [3.63, 3.8) is 0 Å². The smallest absolute Gasteiger partial charge is 0.277 e. The number of allylic oxidation sites excluding steroid dienone is 1. The molecule has 148 valence electrons. The van der Waals surface area contributed by atoms with Crippen LogP contribution in [-0.4, -0.2) is 22.0 Å². The van der Waals surface area contributed by atoms with Gasteiger partial charge in [-0.05, 0) is 56.4 Å². The van der Waals surface area contributed by atoms with Crippen LogP contribution in [0.5, 0.6) is 0 Å². The van der Waals surface area contributed by atoms with E-state index in [0.29, 0.717) is 23.4 Å². The van der Waals surface area contributed by atoms with Crippen LogP contribution >= 0.6 is 0 Å². The molecule has 0 bridgehead atoms. The zero-order valence-corrected chi connectivity index (χ0v) is 16.6. The van der Waals surface area contributed by atoms with Gasteiger partial charge in [0, 0.05) is 24.7 Å². The van der Waals surface area contributed by atoms with Gasteiger partial charge < -0.3 is 9.88 Å². The highest BCUT2D eigenvalue weighted by atomic mass is 16.1. The summed E-state index contributed by atoms with van der Waals surface area (Å²) in [6.07, 6.45) is 8.06. The fourth-order valence-electron chi connectivity index (χ4n) is 3.82. The molecular weight excluding hydrogens is 362 g/mol. The van der Waals surface area contributed by atoms with Crippen molar-refractivity contribution < 1.29 is 4.79 Å². The SMILES string of the molecule is Cn1c(=O)c(-c2ccc(C(=O)NCCC3=CCCCC3)cc2)nc2ccccc21. The van der Waals surface area contributed by atoms with E-state index >= 15 is 0 Å². The number of aromatic nitrogens is 2. The maximum Gasteiger partial charge on any atom is 0.277 e. The summed E-state index contributed by atoms with van der Waals surface area (Å²) in [5.74, 6) is -0.0904. The molecule has 2 aromatic carbocycles. The van der Waals surface area contributed by atoms with Gasteiger partial charge in [0.1, 0.15) is 5.69 Å². The molecule has 1 aromatic heterocycles. The van der Waals surface area contributed by atoms with Crippen molar-refractivity contribution in [2.45, 2.75) is 32.1 Å². The van der Waals surface area contributed by atoms with E-state index in [-0.39, 0.29) is 11.5 Å². The average molecular weight is 387 g/mol. The highest BCUT2D eigenvalue weighted by Crippen LogP contribution is 2.20. The summed E-state index contributed by atoms with van der Waals surface area (Å²) < 4.78 is 1.61. The predicted molar refractivity (Wildman–Crippen MR) is 116 cm³/mol. The van der Waals surface area contributed by atoms with Crippen molar-refractivity contribution in [3.05, 3.63) is 76.1 Å². The highest BCUT2D eigenvalue weighted by Gasteiger charge is 2.12. The summed E-state index contributed by atoms with van der Waals surface area (Å²) in [6.45, 7) is 0.652. The predicted octanol–water partition coefficient (Wildman–Crippen LogP) is 4.22. The Morgan fingerprint density at radius 3 is 2.66 bits per heavy atom. The van der Waals surface area contributed by atoms with Crippen molar-refractivity contribution >= 4 is 16.9 Å². The Kier molecular flexibility index (Phi) is 5.56. The molecule has 0 spiro atoms. The molecular formula is C24H25N3O2. The van der Waals surface area contributed by atoms with Crippen molar-refractivity contribution in [1.82, 2.24) is 14.9 Å². The minimum Gasteiger partial charge on any atom is -0.352 e. The van der Waals surface area contributed by atoms with Gasteiger partial charge >= 0.3 is 0 Å². The molecule has 29 heavy (non-hydrogen) atoms. The van der Waals surface area contributed by atoms with Gasteiger partial charge in [-0.1, -0.05) is 35.9 Å². The Bertz CT molecular complexity index is 1130. The first-order valence-electron chi connectivity index (χ1n) is 10.2. The number of para-hydroxylation sites is 2. The molecule has 4 rings (SSSR count). The minimum absolute atomic E-state index is 0.0904. The Labute approximate surface area is 170 Å². The van der Waals surface area contributed by atoms with Crippen molar-refractivity contribution in [1.29, 1.82) is 0 Å². The molecule has 0 saturated carbocycles. The Hall–Kier alpha value is -3.21. The van der Waals surface area contributed by atoms with Gasteiger partial charge in [0.25, 0.3) is 11.5 Å². The molecule has 0 atom stereocenters. The fraction of sp³-hybridized carbons (Fsp3) is 0.292. The molecule has 5 nitrogen and oxygen atoms in total. The lowest BCUT2D eigenvalue weighted by Gasteiger charge is -2.13. The number of hydrogen-bond acceptors (Lipinski definition) is 3. The number of carbonyl (C=O) groups excluding carboxylic acids is 1. The van der Waals surface area contributed by atoms with Crippen LogP contribution < -0.4 is 10.9 Å². The fourth-order valence-corrected chi connectivity index (χ4v) is 3.82. The van der Waals surface area contributed by atoms with Crippen LogP contribution in [0.4, 0.5) is 0 Å². The van der Waals surface area contributed by atoms with Crippen LogP contribution in [0.1, 0.15) is 42.5 Å². The third kappa shape index (κ3) is 4.14. The zero-order chi connectivity index (χ0) is 20.2. The van der Waals surface area contributed by atoms with Crippen LogP contribution in [0, 0.1) is 0 Å². The van der Waals surface area contributed by atoms with Crippen molar-refractivity contribution in [3.8, 4) is 11.3 Å². The normalized spacial score (nSPS) is 13.9. The molecule has 0 radical (unpaired) electrons. The second kappa shape index (κ2) is 8.43. The summed E-state index contributed by atoms with van der Waals surface area (Å²) in [5, 5.41) is 2.99. The lowest BCUT2D eigenvalue weighted by molar-refractivity contribution is 0.0954. The van der Waals surface area contributed by atoms with Crippen LogP contribution in [0.25, 0.3) is 22.3 Å². The summed E-state index contributed by atoms with van der Waals surface area (Å²) in [4.78, 5) is 29.7. The van der Waals surface area contributed by atoms with Crippen LogP contribution in [-0.2, 0) is 7.05 Å². The van der Waals surface area contributed by atoms with Crippen molar-refractivity contribution in [2.24, 2.45) is 7.05 Å². The summed E-state index contributed by atoms with van der Waals surface area (Å²) in [7, 11) is 1.75. The number of amides is 1.